The van der Waals surface area contributed by atoms with Gasteiger partial charge in [-0.15, -0.1) is 12.4 Å². The largest absolute Gasteiger partial charge is 0.378 e. The molecule has 1 saturated heterocycles. The molecule has 0 N–H and O–H groups in total. The summed E-state index contributed by atoms with van der Waals surface area (Å²) in [6.07, 6.45) is 0. The van der Waals surface area contributed by atoms with Crippen LogP contribution in [-0.2, 0) is 4.74 Å². The molecule has 0 spiro atoms. The van der Waals surface area contributed by atoms with E-state index in [-0.39, 0.29) is 29.5 Å². The van der Waals surface area contributed by atoms with Gasteiger partial charge in [0.25, 0.3) is 11.6 Å². The van der Waals surface area contributed by atoms with E-state index in [9.17, 15) is 19.3 Å². The average Bonchev–Trinajstić information content (AvgIpc) is 3.21. The second-order valence-electron chi connectivity index (χ2n) is 7.93. The number of thiazole rings is 1. The topological polar surface area (TPSA) is 92.0 Å². The van der Waals surface area contributed by atoms with Gasteiger partial charge >= 0.3 is 0 Å². The summed E-state index contributed by atoms with van der Waals surface area (Å²) < 4.78 is 19.6. The minimum Gasteiger partial charge on any atom is -0.378 e. The molecule has 0 aliphatic carbocycles. The van der Waals surface area contributed by atoms with Crippen molar-refractivity contribution in [3.05, 3.63) is 57.9 Å². The first-order valence-corrected chi connectivity index (χ1v) is 11.3. The summed E-state index contributed by atoms with van der Waals surface area (Å²) in [5.41, 5.74) is 1.13. The maximum absolute atomic E-state index is 13.7. The highest BCUT2D eigenvalue weighted by Gasteiger charge is 2.27. The Hall–Kier alpha value is -2.86. The van der Waals surface area contributed by atoms with Gasteiger partial charge in [0, 0.05) is 37.8 Å². The maximum Gasteiger partial charge on any atom is 0.293 e. The number of halogens is 2. The summed E-state index contributed by atoms with van der Waals surface area (Å²) in [6.45, 7) is 2.97. The van der Waals surface area contributed by atoms with Crippen molar-refractivity contribution in [1.82, 2.24) is 9.88 Å². The zero-order chi connectivity index (χ0) is 23.5. The number of amides is 1. The van der Waals surface area contributed by atoms with Gasteiger partial charge in [0.1, 0.15) is 11.5 Å². The van der Waals surface area contributed by atoms with E-state index in [4.69, 9.17) is 4.74 Å². The van der Waals surface area contributed by atoms with Crippen molar-refractivity contribution < 1.29 is 18.8 Å². The fourth-order valence-electron chi connectivity index (χ4n) is 3.62. The lowest BCUT2D eigenvalue weighted by Gasteiger charge is -2.28. The third kappa shape index (κ3) is 5.61. The highest BCUT2D eigenvalue weighted by molar-refractivity contribution is 7.22. The quantitative estimate of drug-likeness (QED) is 0.353. The summed E-state index contributed by atoms with van der Waals surface area (Å²) in [5.74, 6) is -0.772. The fraction of sp³-hybridized carbons (Fsp3) is 0.364. The standard InChI is InChI=1S/C22H24FN5O4S.ClH/c1-25(2)7-8-27(22-24-17-5-4-16(23)14-20(17)33-22)21(29)15-3-6-18(19(13-15)28(30)31)26-9-11-32-12-10-26;/h3-6,13-14H,7-12H2,1-2H3;1H. The number of carbonyl (C=O) groups is 1. The molecule has 12 heteroatoms. The molecule has 4 rings (SSSR count). The Morgan fingerprint density at radius 1 is 1.21 bits per heavy atom. The van der Waals surface area contributed by atoms with Crippen LogP contribution in [0.3, 0.4) is 0 Å². The normalized spacial score (nSPS) is 13.7. The lowest BCUT2D eigenvalue weighted by atomic mass is 10.1. The number of rotatable bonds is 7. The smallest absolute Gasteiger partial charge is 0.293 e. The van der Waals surface area contributed by atoms with Crippen LogP contribution in [0.1, 0.15) is 10.4 Å². The molecule has 1 aromatic heterocycles. The summed E-state index contributed by atoms with van der Waals surface area (Å²) in [7, 11) is 3.77. The lowest BCUT2D eigenvalue weighted by molar-refractivity contribution is -0.384. The van der Waals surface area contributed by atoms with Crippen molar-refractivity contribution >= 4 is 56.4 Å². The molecule has 2 heterocycles. The van der Waals surface area contributed by atoms with Crippen LogP contribution in [0.4, 0.5) is 20.9 Å². The third-order valence-corrected chi connectivity index (χ3v) is 6.40. The van der Waals surface area contributed by atoms with E-state index < -0.39 is 10.8 Å². The Morgan fingerprint density at radius 3 is 2.62 bits per heavy atom. The van der Waals surface area contributed by atoms with Crippen molar-refractivity contribution in [2.45, 2.75) is 0 Å². The monoisotopic (exact) mass is 509 g/mol. The highest BCUT2D eigenvalue weighted by atomic mass is 35.5. The van der Waals surface area contributed by atoms with Crippen LogP contribution in [0.15, 0.2) is 36.4 Å². The predicted octanol–water partition coefficient (Wildman–Crippen LogP) is 3.81. The molecule has 1 amide bonds. The van der Waals surface area contributed by atoms with Crippen LogP contribution in [0.5, 0.6) is 0 Å². The number of nitrogens with zero attached hydrogens (tertiary/aromatic N) is 5. The Bertz CT molecular complexity index is 1190. The van der Waals surface area contributed by atoms with Crippen LogP contribution in [0, 0.1) is 15.9 Å². The first kappa shape index (κ1) is 25.8. The number of anilines is 2. The number of benzene rings is 2. The number of likely N-dealkylation sites (N-methyl/N-ethyl adjacent to an activating group) is 1. The van der Waals surface area contributed by atoms with Crippen molar-refractivity contribution in [3.8, 4) is 0 Å². The summed E-state index contributed by atoms with van der Waals surface area (Å²) in [4.78, 5) is 34.7. The Morgan fingerprint density at radius 2 is 1.94 bits per heavy atom. The number of hydrogen-bond acceptors (Lipinski definition) is 8. The maximum atomic E-state index is 13.7. The number of nitro groups is 1. The van der Waals surface area contributed by atoms with Gasteiger partial charge in [-0.2, -0.15) is 0 Å². The van der Waals surface area contributed by atoms with Gasteiger partial charge in [-0.1, -0.05) is 11.3 Å². The second kappa shape index (κ2) is 11.0. The van der Waals surface area contributed by atoms with E-state index in [2.05, 4.69) is 4.98 Å². The molecular weight excluding hydrogens is 485 g/mol. The van der Waals surface area contributed by atoms with Gasteiger partial charge in [0.05, 0.1) is 28.4 Å². The number of fused-ring (bicyclic) bond motifs is 1. The van der Waals surface area contributed by atoms with Crippen LogP contribution in [0.25, 0.3) is 10.2 Å². The fourth-order valence-corrected chi connectivity index (χ4v) is 4.63. The van der Waals surface area contributed by atoms with E-state index in [1.54, 1.807) is 18.2 Å². The van der Waals surface area contributed by atoms with Gasteiger partial charge in [0.2, 0.25) is 0 Å². The summed E-state index contributed by atoms with van der Waals surface area (Å²) in [6, 6.07) is 8.83. The number of carbonyl (C=O) groups excluding carboxylic acids is 1. The molecule has 0 atom stereocenters. The Balaban J connectivity index is 0.00000324. The molecule has 1 aliphatic rings. The number of ether oxygens (including phenoxy) is 1. The van der Waals surface area contributed by atoms with E-state index in [1.165, 1.54) is 34.4 Å². The molecule has 0 unspecified atom stereocenters. The van der Waals surface area contributed by atoms with Crippen LogP contribution in [-0.4, -0.2) is 74.2 Å². The molecule has 2 aromatic carbocycles. The molecule has 1 fully saturated rings. The highest BCUT2D eigenvalue weighted by Crippen LogP contribution is 2.33. The third-order valence-electron chi connectivity index (χ3n) is 5.36. The minimum atomic E-state index is -0.466. The van der Waals surface area contributed by atoms with Gasteiger partial charge in [0.15, 0.2) is 5.13 Å². The SMILES string of the molecule is CN(C)CCN(C(=O)c1ccc(N2CCOCC2)c([N+](=O)[O-])c1)c1nc2ccc(F)cc2s1.Cl. The van der Waals surface area contributed by atoms with E-state index >= 15 is 0 Å². The average molecular weight is 510 g/mol. The summed E-state index contributed by atoms with van der Waals surface area (Å²) in [5, 5.41) is 12.2. The molecule has 0 radical (unpaired) electrons. The van der Waals surface area contributed by atoms with Gasteiger partial charge in [-0.25, -0.2) is 9.37 Å². The molecule has 0 bridgehead atoms. The van der Waals surface area contributed by atoms with Crippen molar-refractivity contribution in [2.24, 2.45) is 0 Å². The molecule has 34 heavy (non-hydrogen) atoms. The predicted molar refractivity (Wildman–Crippen MR) is 133 cm³/mol. The first-order chi connectivity index (χ1) is 15.8. The first-order valence-electron chi connectivity index (χ1n) is 10.5. The zero-order valence-corrected chi connectivity index (χ0v) is 20.4. The minimum absolute atomic E-state index is 0. The van der Waals surface area contributed by atoms with Gasteiger partial charge in [-0.05, 0) is 44.4 Å². The van der Waals surface area contributed by atoms with Gasteiger partial charge in [-0.3, -0.25) is 19.8 Å². The molecule has 3 aromatic rings. The lowest BCUT2D eigenvalue weighted by Crippen LogP contribution is -2.37. The molecule has 1 aliphatic heterocycles. The Labute approximate surface area is 206 Å². The number of morpholine rings is 1. The van der Waals surface area contributed by atoms with Gasteiger partial charge < -0.3 is 14.5 Å². The Kier molecular flexibility index (Phi) is 8.37. The summed E-state index contributed by atoms with van der Waals surface area (Å²) >= 11 is 1.21. The van der Waals surface area contributed by atoms with E-state index in [0.717, 1.165) is 0 Å². The molecule has 0 saturated carbocycles. The molecular formula is C22H25ClFN5O4S. The molecule has 182 valence electrons. The van der Waals surface area contributed by atoms with Crippen LogP contribution in [0.2, 0.25) is 0 Å². The number of nitro benzene ring substituents is 1. The van der Waals surface area contributed by atoms with Crippen LogP contribution >= 0.6 is 23.7 Å². The zero-order valence-electron chi connectivity index (χ0n) is 18.8. The van der Waals surface area contributed by atoms with Crippen LogP contribution < -0.4 is 9.80 Å². The van der Waals surface area contributed by atoms with E-state index in [1.807, 2.05) is 23.9 Å². The van der Waals surface area contributed by atoms with Crippen molar-refractivity contribution in [2.75, 3.05) is 63.3 Å². The number of hydrogen-bond donors (Lipinski definition) is 0. The van der Waals surface area contributed by atoms with Crippen molar-refractivity contribution in [1.29, 1.82) is 0 Å². The number of aromatic nitrogens is 1. The molecule has 9 nitrogen and oxygen atoms in total. The second-order valence-corrected chi connectivity index (χ2v) is 8.94. The van der Waals surface area contributed by atoms with Crippen molar-refractivity contribution in [3.63, 3.8) is 0 Å². The van der Waals surface area contributed by atoms with E-state index in [0.29, 0.717) is 60.4 Å².